The van der Waals surface area contributed by atoms with Gasteiger partial charge in [0.25, 0.3) is 5.56 Å². The summed E-state index contributed by atoms with van der Waals surface area (Å²) in [6, 6.07) is 8.89. The molecule has 2 rings (SSSR count). The van der Waals surface area contributed by atoms with Gasteiger partial charge in [0, 0.05) is 23.5 Å². The summed E-state index contributed by atoms with van der Waals surface area (Å²) in [4.78, 5) is 24.5. The van der Waals surface area contributed by atoms with E-state index in [1.807, 2.05) is 6.07 Å². The topological polar surface area (TPSA) is 84.1 Å². The van der Waals surface area contributed by atoms with E-state index in [2.05, 4.69) is 5.32 Å². The van der Waals surface area contributed by atoms with Crippen LogP contribution < -0.4 is 20.1 Å². The summed E-state index contributed by atoms with van der Waals surface area (Å²) in [5.41, 5.74) is 0.266. The van der Waals surface area contributed by atoms with Crippen molar-refractivity contribution in [3.05, 3.63) is 48.8 Å². The number of aromatic nitrogens is 1. The van der Waals surface area contributed by atoms with E-state index in [0.717, 1.165) is 17.0 Å². The van der Waals surface area contributed by atoms with Crippen molar-refractivity contribution in [2.75, 3.05) is 11.9 Å². The number of hydrogen-bond acceptors (Lipinski definition) is 6. The largest absolute Gasteiger partial charge is 0.462 e. The van der Waals surface area contributed by atoms with Gasteiger partial charge in [-0.05, 0) is 32.0 Å². The molecule has 130 valence electrons. The first-order chi connectivity index (χ1) is 12.0. The van der Waals surface area contributed by atoms with Crippen LogP contribution in [-0.2, 0) is 16.1 Å². The van der Waals surface area contributed by atoms with Gasteiger partial charge in [-0.1, -0.05) is 17.7 Å². The standard InChI is InChI=1S/C17H16ClN3O3S/c1-3-21-15(22)14(10-20-12-7-5-6-11(18)8-12)25-16(21)13(9-19)17(23)24-4-2/h5-8,10,20H,3-4H2,1-2H3/b14-10+,16-13+. The average molecular weight is 378 g/mol. The Morgan fingerprint density at radius 2 is 2.24 bits per heavy atom. The molecule has 0 aliphatic heterocycles. The number of thiazole rings is 1. The minimum atomic E-state index is -0.734. The number of rotatable bonds is 5. The third kappa shape index (κ3) is 4.29. The molecule has 0 atom stereocenters. The van der Waals surface area contributed by atoms with Gasteiger partial charge < -0.3 is 10.1 Å². The minimum absolute atomic E-state index is 0.154. The highest BCUT2D eigenvalue weighted by molar-refractivity contribution is 7.07. The third-order valence-corrected chi connectivity index (χ3v) is 4.59. The molecule has 0 aliphatic rings. The number of nitrogens with one attached hydrogen (secondary N) is 1. The monoisotopic (exact) mass is 377 g/mol. The van der Waals surface area contributed by atoms with Crippen LogP contribution in [-0.4, -0.2) is 17.1 Å². The maximum atomic E-state index is 12.5. The lowest BCUT2D eigenvalue weighted by molar-refractivity contribution is -0.136. The molecule has 0 aliphatic carbocycles. The number of carbonyl (C=O) groups is 1. The molecule has 1 aromatic heterocycles. The summed E-state index contributed by atoms with van der Waals surface area (Å²) >= 11 is 6.99. The molecule has 1 aromatic carbocycles. The molecule has 0 radical (unpaired) electrons. The molecule has 8 heteroatoms. The normalized spacial score (nSPS) is 12.5. The zero-order valence-corrected chi connectivity index (χ0v) is 15.3. The van der Waals surface area contributed by atoms with E-state index in [4.69, 9.17) is 16.3 Å². The molecule has 25 heavy (non-hydrogen) atoms. The Morgan fingerprint density at radius 1 is 1.48 bits per heavy atom. The second kappa shape index (κ2) is 8.51. The summed E-state index contributed by atoms with van der Waals surface area (Å²) in [5.74, 6) is -0.734. The minimum Gasteiger partial charge on any atom is -0.462 e. The highest BCUT2D eigenvalue weighted by Gasteiger charge is 2.16. The summed E-state index contributed by atoms with van der Waals surface area (Å²) in [7, 11) is 0. The van der Waals surface area contributed by atoms with Crippen molar-refractivity contribution in [2.24, 2.45) is 0 Å². The van der Waals surface area contributed by atoms with Crippen LogP contribution in [0.1, 0.15) is 13.8 Å². The maximum absolute atomic E-state index is 12.5. The lowest BCUT2D eigenvalue weighted by Gasteiger charge is -2.00. The van der Waals surface area contributed by atoms with Crippen LogP contribution in [0.3, 0.4) is 0 Å². The SMILES string of the molecule is CCOC(=O)/C(C#N)=c1/s/c(=C/Nc2cccc(Cl)c2)c(=O)n1CC. The molecular weight excluding hydrogens is 362 g/mol. The highest BCUT2D eigenvalue weighted by atomic mass is 35.5. The van der Waals surface area contributed by atoms with Crippen LogP contribution in [0, 0.1) is 11.3 Å². The molecule has 0 saturated carbocycles. The number of ether oxygens (including phenoxy) is 1. The first-order valence-corrected chi connectivity index (χ1v) is 8.74. The highest BCUT2D eigenvalue weighted by Crippen LogP contribution is 2.14. The van der Waals surface area contributed by atoms with Crippen molar-refractivity contribution in [2.45, 2.75) is 20.4 Å². The van der Waals surface area contributed by atoms with Crippen LogP contribution in [0.4, 0.5) is 5.69 Å². The number of halogens is 1. The smallest absolute Gasteiger partial charge is 0.351 e. The molecule has 1 heterocycles. The zero-order chi connectivity index (χ0) is 18.4. The van der Waals surface area contributed by atoms with Crippen molar-refractivity contribution in [1.29, 1.82) is 5.26 Å². The molecular formula is C17H16ClN3O3S. The van der Waals surface area contributed by atoms with E-state index in [9.17, 15) is 14.9 Å². The fourth-order valence-corrected chi connectivity index (χ4v) is 3.37. The summed E-state index contributed by atoms with van der Waals surface area (Å²) < 4.78 is 6.93. The molecule has 6 nitrogen and oxygen atoms in total. The van der Waals surface area contributed by atoms with Crippen LogP contribution >= 0.6 is 22.9 Å². The Morgan fingerprint density at radius 3 is 2.84 bits per heavy atom. The first-order valence-electron chi connectivity index (χ1n) is 7.55. The molecule has 0 amide bonds. The van der Waals surface area contributed by atoms with Crippen LogP contribution in [0.15, 0.2) is 29.1 Å². The Labute approximate surface area is 153 Å². The van der Waals surface area contributed by atoms with E-state index in [0.29, 0.717) is 16.1 Å². The number of benzene rings is 1. The van der Waals surface area contributed by atoms with E-state index in [1.165, 1.54) is 10.8 Å². The number of hydrogen-bond donors (Lipinski definition) is 1. The Balaban J connectivity index is 2.58. The first kappa shape index (κ1) is 18.8. The van der Waals surface area contributed by atoms with Gasteiger partial charge in [-0.25, -0.2) is 4.79 Å². The van der Waals surface area contributed by atoms with Crippen LogP contribution in [0.2, 0.25) is 5.02 Å². The predicted octanol–water partition coefficient (Wildman–Crippen LogP) is 1.67. The maximum Gasteiger partial charge on any atom is 0.351 e. The van der Waals surface area contributed by atoms with Gasteiger partial charge in [0.2, 0.25) is 0 Å². The number of nitriles is 1. The Kier molecular flexibility index (Phi) is 6.39. The van der Waals surface area contributed by atoms with E-state index < -0.39 is 5.97 Å². The molecule has 0 bridgehead atoms. The van der Waals surface area contributed by atoms with Gasteiger partial charge in [0.15, 0.2) is 5.57 Å². The lowest BCUT2D eigenvalue weighted by atomic mass is 10.3. The van der Waals surface area contributed by atoms with Gasteiger partial charge in [0.05, 0.1) is 6.61 Å². The summed E-state index contributed by atoms with van der Waals surface area (Å²) in [6.45, 7) is 3.91. The zero-order valence-electron chi connectivity index (χ0n) is 13.7. The second-order valence-corrected chi connectivity index (χ2v) is 6.29. The van der Waals surface area contributed by atoms with Crippen molar-refractivity contribution in [1.82, 2.24) is 4.57 Å². The van der Waals surface area contributed by atoms with Gasteiger partial charge in [0.1, 0.15) is 15.3 Å². The number of carbonyl (C=O) groups excluding carboxylic acids is 1. The quantitative estimate of drug-likeness (QED) is 0.801. The number of anilines is 1. The Hall–Kier alpha value is -2.56. The summed E-state index contributed by atoms with van der Waals surface area (Å²) in [5, 5.41) is 12.9. The molecule has 0 fully saturated rings. The summed E-state index contributed by atoms with van der Waals surface area (Å²) in [6.07, 6.45) is 1.54. The van der Waals surface area contributed by atoms with Gasteiger partial charge >= 0.3 is 5.97 Å². The average Bonchev–Trinajstić information content (AvgIpc) is 2.89. The van der Waals surface area contributed by atoms with Crippen molar-refractivity contribution in [3.63, 3.8) is 0 Å². The van der Waals surface area contributed by atoms with Crippen molar-refractivity contribution in [3.8, 4) is 6.07 Å². The van der Waals surface area contributed by atoms with Gasteiger partial charge in [-0.2, -0.15) is 5.26 Å². The molecule has 2 aromatic rings. The van der Waals surface area contributed by atoms with Crippen molar-refractivity contribution >= 4 is 46.4 Å². The molecule has 0 saturated heterocycles. The lowest BCUT2D eigenvalue weighted by Crippen LogP contribution is -2.32. The fraction of sp³-hybridized carbons (Fsp3) is 0.235. The van der Waals surface area contributed by atoms with E-state index in [-0.39, 0.29) is 22.4 Å². The third-order valence-electron chi connectivity index (χ3n) is 3.22. The Bertz CT molecular complexity index is 1000. The fourth-order valence-electron chi connectivity index (χ4n) is 2.10. The van der Waals surface area contributed by atoms with Crippen molar-refractivity contribution < 1.29 is 9.53 Å². The predicted molar refractivity (Wildman–Crippen MR) is 98.7 cm³/mol. The molecule has 1 N–H and O–H groups in total. The van der Waals surface area contributed by atoms with E-state index in [1.54, 1.807) is 38.1 Å². The number of nitrogens with zero attached hydrogens (tertiary/aromatic N) is 2. The molecule has 0 unspecified atom stereocenters. The van der Waals surface area contributed by atoms with Gasteiger partial charge in [-0.3, -0.25) is 9.36 Å². The van der Waals surface area contributed by atoms with Gasteiger partial charge in [-0.15, -0.1) is 11.3 Å². The number of esters is 1. The van der Waals surface area contributed by atoms with Crippen LogP contribution in [0.25, 0.3) is 11.8 Å². The van der Waals surface area contributed by atoms with Crippen LogP contribution in [0.5, 0.6) is 0 Å². The second-order valence-electron chi connectivity index (χ2n) is 4.83. The van der Waals surface area contributed by atoms with E-state index >= 15 is 0 Å². The molecule has 0 spiro atoms.